The van der Waals surface area contributed by atoms with Crippen LogP contribution in [0.15, 0.2) is 33.5 Å². The van der Waals surface area contributed by atoms with Crippen molar-refractivity contribution in [2.75, 3.05) is 13.2 Å². The molecule has 1 aromatic heterocycles. The van der Waals surface area contributed by atoms with E-state index in [4.69, 9.17) is 14.3 Å². The lowest BCUT2D eigenvalue weighted by Crippen LogP contribution is -2.11. The van der Waals surface area contributed by atoms with Crippen molar-refractivity contribution in [2.24, 2.45) is 0 Å². The van der Waals surface area contributed by atoms with Gasteiger partial charge in [0.25, 0.3) is 0 Å². The first kappa shape index (κ1) is 12.3. The average Bonchev–Trinajstić information content (AvgIpc) is 2.34. The molecule has 0 aliphatic rings. The Balaban J connectivity index is 2.49. The summed E-state index contributed by atoms with van der Waals surface area (Å²) < 4.78 is 10.3. The number of carbonyl (C=O) groups is 1. The second-order valence-corrected chi connectivity index (χ2v) is 3.78. The molecule has 0 atom stereocenters. The van der Waals surface area contributed by atoms with E-state index in [9.17, 15) is 9.59 Å². The molecular weight excluding hydrogens is 236 g/mol. The van der Waals surface area contributed by atoms with Gasteiger partial charge in [0, 0.05) is 11.5 Å². The van der Waals surface area contributed by atoms with Gasteiger partial charge in [0.15, 0.2) is 5.78 Å². The second kappa shape index (κ2) is 5.01. The summed E-state index contributed by atoms with van der Waals surface area (Å²) in [7, 11) is 0. The van der Waals surface area contributed by atoms with Crippen LogP contribution in [0.4, 0.5) is 0 Å². The number of carbonyl (C=O) groups excluding carboxylic acids is 1. The largest absolute Gasteiger partial charge is 0.491 e. The maximum Gasteiger partial charge on any atom is 0.347 e. The molecule has 0 aliphatic carbocycles. The normalized spacial score (nSPS) is 10.6. The van der Waals surface area contributed by atoms with E-state index in [1.807, 2.05) is 0 Å². The Bertz CT molecular complexity index is 641. The summed E-state index contributed by atoms with van der Waals surface area (Å²) in [5, 5.41) is 9.30. The average molecular weight is 248 g/mol. The Kier molecular flexibility index (Phi) is 3.43. The quantitative estimate of drug-likeness (QED) is 0.653. The minimum Gasteiger partial charge on any atom is -0.491 e. The van der Waals surface area contributed by atoms with Crippen LogP contribution in [0.3, 0.4) is 0 Å². The van der Waals surface area contributed by atoms with Gasteiger partial charge in [-0.25, -0.2) is 4.79 Å². The number of fused-ring (bicyclic) bond motifs is 1. The first-order valence-corrected chi connectivity index (χ1v) is 5.44. The van der Waals surface area contributed by atoms with Gasteiger partial charge in [-0.2, -0.15) is 0 Å². The maximum atomic E-state index is 11.5. The fourth-order valence-corrected chi connectivity index (χ4v) is 1.59. The fraction of sp³-hybridized carbons (Fsp3) is 0.231. The topological polar surface area (TPSA) is 76.7 Å². The predicted molar refractivity (Wildman–Crippen MR) is 65.1 cm³/mol. The number of ether oxygens (including phenoxy) is 1. The van der Waals surface area contributed by atoms with Gasteiger partial charge >= 0.3 is 5.63 Å². The highest BCUT2D eigenvalue weighted by Gasteiger charge is 2.09. The molecule has 0 bridgehead atoms. The molecule has 18 heavy (non-hydrogen) atoms. The van der Waals surface area contributed by atoms with Gasteiger partial charge in [-0.15, -0.1) is 0 Å². The number of hydrogen-bond acceptors (Lipinski definition) is 5. The van der Waals surface area contributed by atoms with E-state index < -0.39 is 5.63 Å². The minimum absolute atomic E-state index is 0.0338. The van der Waals surface area contributed by atoms with Crippen molar-refractivity contribution in [3.63, 3.8) is 0 Å². The summed E-state index contributed by atoms with van der Waals surface area (Å²) in [6.07, 6.45) is 0. The monoisotopic (exact) mass is 248 g/mol. The summed E-state index contributed by atoms with van der Waals surface area (Å²) in [5.41, 5.74) is -0.277. The number of aliphatic hydroxyl groups is 1. The van der Waals surface area contributed by atoms with Crippen molar-refractivity contribution >= 4 is 16.8 Å². The van der Waals surface area contributed by atoms with Crippen LogP contribution in [0.1, 0.15) is 17.3 Å². The van der Waals surface area contributed by atoms with Gasteiger partial charge < -0.3 is 14.3 Å². The standard InChI is InChI=1S/C13H12O5/c1-8(15)11-6-9-2-3-10(17-5-4-14)7-12(9)18-13(11)16/h2-3,6-7,14H,4-5H2,1H3. The zero-order valence-corrected chi connectivity index (χ0v) is 9.80. The van der Waals surface area contributed by atoms with Crippen molar-refractivity contribution < 1.29 is 19.1 Å². The third kappa shape index (κ3) is 2.41. The van der Waals surface area contributed by atoms with E-state index >= 15 is 0 Å². The van der Waals surface area contributed by atoms with Crippen LogP contribution in [0.25, 0.3) is 11.0 Å². The molecule has 5 heteroatoms. The number of ketones is 1. The molecule has 5 nitrogen and oxygen atoms in total. The molecule has 94 valence electrons. The second-order valence-electron chi connectivity index (χ2n) is 3.78. The van der Waals surface area contributed by atoms with Crippen molar-refractivity contribution in [1.29, 1.82) is 0 Å². The Labute approximate surface area is 103 Å². The number of hydrogen-bond donors (Lipinski definition) is 1. The first-order chi connectivity index (χ1) is 8.61. The van der Waals surface area contributed by atoms with Gasteiger partial charge in [-0.05, 0) is 25.1 Å². The van der Waals surface area contributed by atoms with Gasteiger partial charge in [0.1, 0.15) is 23.5 Å². The van der Waals surface area contributed by atoms with E-state index in [2.05, 4.69) is 0 Å². The first-order valence-electron chi connectivity index (χ1n) is 5.44. The molecular formula is C13H12O5. The molecule has 0 saturated carbocycles. The summed E-state index contributed by atoms with van der Waals surface area (Å²) in [6, 6.07) is 6.43. The van der Waals surface area contributed by atoms with Crippen molar-refractivity contribution in [3.8, 4) is 5.75 Å². The van der Waals surface area contributed by atoms with Crippen LogP contribution in [-0.2, 0) is 0 Å². The van der Waals surface area contributed by atoms with Gasteiger partial charge in [0.2, 0.25) is 0 Å². The summed E-state index contributed by atoms with van der Waals surface area (Å²) in [4.78, 5) is 22.7. The third-order valence-electron chi connectivity index (χ3n) is 2.45. The summed E-state index contributed by atoms with van der Waals surface area (Å²) >= 11 is 0. The van der Waals surface area contributed by atoms with Gasteiger partial charge in [0.05, 0.1) is 6.61 Å². The molecule has 2 aromatic rings. The van der Waals surface area contributed by atoms with Crippen molar-refractivity contribution in [2.45, 2.75) is 6.92 Å². The molecule has 1 N–H and O–H groups in total. The van der Waals surface area contributed by atoms with Crippen molar-refractivity contribution in [3.05, 3.63) is 40.2 Å². The highest BCUT2D eigenvalue weighted by Crippen LogP contribution is 2.20. The third-order valence-corrected chi connectivity index (χ3v) is 2.45. The van der Waals surface area contributed by atoms with Crippen LogP contribution in [-0.4, -0.2) is 24.1 Å². The van der Waals surface area contributed by atoms with Crippen LogP contribution in [0, 0.1) is 0 Å². The molecule has 0 aliphatic heterocycles. The molecule has 0 spiro atoms. The van der Waals surface area contributed by atoms with Crippen LogP contribution < -0.4 is 10.4 Å². The Morgan fingerprint density at radius 3 is 2.83 bits per heavy atom. The van der Waals surface area contributed by atoms with Crippen LogP contribution in [0.5, 0.6) is 5.75 Å². The van der Waals surface area contributed by atoms with E-state index in [0.717, 1.165) is 0 Å². The Hall–Kier alpha value is -2.14. The van der Waals surface area contributed by atoms with E-state index in [1.165, 1.54) is 13.0 Å². The zero-order valence-electron chi connectivity index (χ0n) is 9.80. The fourth-order valence-electron chi connectivity index (χ4n) is 1.59. The Morgan fingerprint density at radius 2 is 2.17 bits per heavy atom. The molecule has 0 amide bonds. The highest BCUT2D eigenvalue weighted by molar-refractivity contribution is 5.96. The highest BCUT2D eigenvalue weighted by atomic mass is 16.5. The SMILES string of the molecule is CC(=O)c1cc2ccc(OCCO)cc2oc1=O. The zero-order chi connectivity index (χ0) is 13.1. The summed E-state index contributed by atoms with van der Waals surface area (Å²) in [6.45, 7) is 1.39. The number of rotatable bonds is 4. The number of aliphatic hydroxyl groups excluding tert-OH is 1. The van der Waals surface area contributed by atoms with Gasteiger partial charge in [-0.3, -0.25) is 4.79 Å². The lowest BCUT2D eigenvalue weighted by molar-refractivity contribution is 0.101. The molecule has 1 aromatic carbocycles. The van der Waals surface area contributed by atoms with Crippen molar-refractivity contribution in [1.82, 2.24) is 0 Å². The molecule has 1 heterocycles. The Morgan fingerprint density at radius 1 is 1.39 bits per heavy atom. The molecule has 0 unspecified atom stereocenters. The van der Waals surface area contributed by atoms with Gasteiger partial charge in [-0.1, -0.05) is 0 Å². The molecule has 0 radical (unpaired) electrons. The smallest absolute Gasteiger partial charge is 0.347 e. The minimum atomic E-state index is -0.658. The summed E-state index contributed by atoms with van der Waals surface area (Å²) in [5.74, 6) is 0.168. The van der Waals surface area contributed by atoms with Crippen LogP contribution >= 0.6 is 0 Å². The number of benzene rings is 1. The lowest BCUT2D eigenvalue weighted by Gasteiger charge is -2.05. The lowest BCUT2D eigenvalue weighted by atomic mass is 10.1. The van der Waals surface area contributed by atoms with Crippen LogP contribution in [0.2, 0.25) is 0 Å². The maximum absolute atomic E-state index is 11.5. The number of Topliss-reactive ketones (excluding diaryl/α,β-unsaturated/α-hetero) is 1. The molecule has 0 saturated heterocycles. The predicted octanol–water partition coefficient (Wildman–Crippen LogP) is 1.37. The molecule has 0 fully saturated rings. The van der Waals surface area contributed by atoms with E-state index in [-0.39, 0.29) is 24.6 Å². The van der Waals surface area contributed by atoms with E-state index in [0.29, 0.717) is 16.7 Å². The van der Waals surface area contributed by atoms with E-state index in [1.54, 1.807) is 18.2 Å². The molecule has 2 rings (SSSR count).